The van der Waals surface area contributed by atoms with Gasteiger partial charge in [0.1, 0.15) is 23.2 Å². The van der Waals surface area contributed by atoms with Gasteiger partial charge in [-0.2, -0.15) is 5.26 Å². The molecule has 0 aliphatic heterocycles. The van der Waals surface area contributed by atoms with E-state index in [9.17, 15) is 20.3 Å². The van der Waals surface area contributed by atoms with Crippen molar-refractivity contribution < 1.29 is 19.7 Å². The Morgan fingerprint density at radius 1 is 1.22 bits per heavy atom. The van der Waals surface area contributed by atoms with E-state index in [1.807, 2.05) is 55.8 Å². The van der Waals surface area contributed by atoms with E-state index in [1.54, 1.807) is 26.0 Å². The summed E-state index contributed by atoms with van der Waals surface area (Å²) >= 11 is 0. The molecule has 2 aromatic carbocycles. The Labute approximate surface area is 218 Å². The minimum absolute atomic E-state index is 0.0676. The molecule has 0 spiro atoms. The molecule has 1 unspecified atom stereocenters. The average molecular weight is 505 g/mol. The lowest BCUT2D eigenvalue weighted by molar-refractivity contribution is 0.0649. The Balaban J connectivity index is 1.73. The number of nitrogens with zero attached hydrogens (tertiary/aromatic N) is 3. The van der Waals surface area contributed by atoms with E-state index < -0.39 is 5.60 Å². The average Bonchev–Trinajstić information content (AvgIpc) is 3.30. The van der Waals surface area contributed by atoms with Crippen molar-refractivity contribution >= 4 is 5.91 Å². The second kappa shape index (κ2) is 12.0. The van der Waals surface area contributed by atoms with E-state index in [1.165, 1.54) is 6.07 Å². The molecular formula is C29H36N4O4. The number of imidazole rings is 1. The zero-order valence-corrected chi connectivity index (χ0v) is 22.2. The summed E-state index contributed by atoms with van der Waals surface area (Å²) in [5.41, 5.74) is 2.33. The number of ether oxygens (including phenoxy) is 1. The first kappa shape index (κ1) is 27.9. The van der Waals surface area contributed by atoms with Crippen molar-refractivity contribution in [1.29, 1.82) is 5.26 Å². The molecule has 1 amide bonds. The van der Waals surface area contributed by atoms with Crippen LogP contribution in [-0.4, -0.2) is 44.4 Å². The number of aromatic nitrogens is 2. The van der Waals surface area contributed by atoms with Crippen molar-refractivity contribution in [3.05, 3.63) is 71.2 Å². The number of nitriles is 1. The largest absolute Gasteiger partial charge is 0.490 e. The third kappa shape index (κ3) is 7.19. The topological polar surface area (TPSA) is 120 Å². The molecule has 196 valence electrons. The molecular weight excluding hydrogens is 468 g/mol. The maximum absolute atomic E-state index is 12.9. The first-order valence-electron chi connectivity index (χ1n) is 12.6. The Hall–Kier alpha value is -3.67. The summed E-state index contributed by atoms with van der Waals surface area (Å²) in [6.07, 6.45) is 2.77. The molecule has 0 radical (unpaired) electrons. The van der Waals surface area contributed by atoms with Gasteiger partial charge in [-0.05, 0) is 71.2 Å². The van der Waals surface area contributed by atoms with Gasteiger partial charge in [0.05, 0.1) is 17.4 Å². The maximum Gasteiger partial charge on any atom is 0.251 e. The molecule has 0 saturated heterocycles. The van der Waals surface area contributed by atoms with Crippen molar-refractivity contribution in [3.8, 4) is 23.1 Å². The molecule has 0 aliphatic carbocycles. The highest BCUT2D eigenvalue weighted by atomic mass is 16.5. The van der Waals surface area contributed by atoms with E-state index in [0.29, 0.717) is 42.1 Å². The van der Waals surface area contributed by atoms with Crippen LogP contribution in [0.25, 0.3) is 11.3 Å². The van der Waals surface area contributed by atoms with Crippen LogP contribution >= 0.6 is 0 Å². The van der Waals surface area contributed by atoms with Crippen LogP contribution < -0.4 is 10.1 Å². The number of carbonyl (C=O) groups is 1. The fourth-order valence-electron chi connectivity index (χ4n) is 4.15. The lowest BCUT2D eigenvalue weighted by atomic mass is 10.0. The van der Waals surface area contributed by atoms with Crippen LogP contribution in [0.2, 0.25) is 0 Å². The van der Waals surface area contributed by atoms with E-state index in [4.69, 9.17) is 4.74 Å². The molecule has 0 fully saturated rings. The van der Waals surface area contributed by atoms with Crippen LogP contribution in [0.3, 0.4) is 0 Å². The highest BCUT2D eigenvalue weighted by Crippen LogP contribution is 2.26. The van der Waals surface area contributed by atoms with E-state index in [2.05, 4.69) is 16.4 Å². The zero-order chi connectivity index (χ0) is 27.2. The van der Waals surface area contributed by atoms with Crippen LogP contribution in [0.5, 0.6) is 5.75 Å². The number of amides is 1. The monoisotopic (exact) mass is 504 g/mol. The predicted molar refractivity (Wildman–Crippen MR) is 142 cm³/mol. The quantitative estimate of drug-likeness (QED) is 0.360. The number of aliphatic hydroxyl groups is 2. The summed E-state index contributed by atoms with van der Waals surface area (Å²) < 4.78 is 7.58. The summed E-state index contributed by atoms with van der Waals surface area (Å²) in [4.78, 5) is 17.6. The summed E-state index contributed by atoms with van der Waals surface area (Å²) in [6.45, 7) is 9.83. The maximum atomic E-state index is 12.9. The number of aryl methyl sites for hydroxylation is 1. The van der Waals surface area contributed by atoms with Gasteiger partial charge in [0.2, 0.25) is 0 Å². The summed E-state index contributed by atoms with van der Waals surface area (Å²) in [5.74, 6) is 0.745. The zero-order valence-electron chi connectivity index (χ0n) is 22.2. The normalized spacial score (nSPS) is 12.3. The number of aliphatic hydroxyl groups excluding tert-OH is 1. The van der Waals surface area contributed by atoms with Gasteiger partial charge >= 0.3 is 0 Å². The number of benzene rings is 2. The summed E-state index contributed by atoms with van der Waals surface area (Å²) in [6, 6.07) is 14.5. The van der Waals surface area contributed by atoms with Crippen LogP contribution in [0.15, 0.2) is 48.7 Å². The van der Waals surface area contributed by atoms with Gasteiger partial charge in [0.15, 0.2) is 0 Å². The Morgan fingerprint density at radius 3 is 2.46 bits per heavy atom. The minimum atomic E-state index is -1.04. The molecule has 3 N–H and O–H groups in total. The summed E-state index contributed by atoms with van der Waals surface area (Å²) in [5, 5.41) is 32.4. The van der Waals surface area contributed by atoms with Gasteiger partial charge < -0.3 is 24.8 Å². The van der Waals surface area contributed by atoms with Crippen LogP contribution in [-0.2, 0) is 18.6 Å². The standard InChI is InChI=1S/C29H36N4O4/c1-6-33-18-25(32-28(33)29(4,5)36)21-9-7-20(8-10-21)15-24(13-14-34)31-27(35)22-11-12-26(37-19(2)3)23(16-22)17-30/h7-12,16,18-19,24,34,36H,6,13-15H2,1-5H3,(H,31,35). The van der Waals surface area contributed by atoms with Gasteiger partial charge in [-0.25, -0.2) is 4.98 Å². The molecule has 1 atom stereocenters. The third-order valence-corrected chi connectivity index (χ3v) is 5.93. The molecule has 0 saturated carbocycles. The molecule has 3 rings (SSSR count). The Kier molecular flexibility index (Phi) is 9.09. The molecule has 1 aromatic heterocycles. The molecule has 0 aliphatic rings. The fraction of sp³-hybridized carbons (Fsp3) is 0.414. The summed E-state index contributed by atoms with van der Waals surface area (Å²) in [7, 11) is 0. The van der Waals surface area contributed by atoms with Gasteiger partial charge in [0, 0.05) is 36.5 Å². The van der Waals surface area contributed by atoms with E-state index in [-0.39, 0.29) is 24.7 Å². The van der Waals surface area contributed by atoms with Crippen molar-refractivity contribution in [1.82, 2.24) is 14.9 Å². The fourth-order valence-corrected chi connectivity index (χ4v) is 4.15. The minimum Gasteiger partial charge on any atom is -0.490 e. The first-order chi connectivity index (χ1) is 17.5. The van der Waals surface area contributed by atoms with E-state index >= 15 is 0 Å². The van der Waals surface area contributed by atoms with Gasteiger partial charge in [-0.3, -0.25) is 4.79 Å². The molecule has 0 bridgehead atoms. The van der Waals surface area contributed by atoms with Crippen LogP contribution in [0, 0.1) is 11.3 Å². The SMILES string of the molecule is CCn1cc(-c2ccc(CC(CCO)NC(=O)c3ccc(OC(C)C)c(C#N)c3)cc2)nc1C(C)(C)O. The number of carbonyl (C=O) groups excluding carboxylic acids is 1. The second-order valence-electron chi connectivity index (χ2n) is 9.87. The number of nitrogens with one attached hydrogen (secondary N) is 1. The molecule has 8 nitrogen and oxygen atoms in total. The second-order valence-corrected chi connectivity index (χ2v) is 9.87. The molecule has 1 heterocycles. The van der Waals surface area contributed by atoms with Crippen LogP contribution in [0.1, 0.15) is 68.3 Å². The van der Waals surface area contributed by atoms with Gasteiger partial charge in [0.25, 0.3) is 5.91 Å². The first-order valence-corrected chi connectivity index (χ1v) is 12.6. The lowest BCUT2D eigenvalue weighted by Crippen LogP contribution is -2.37. The Bertz CT molecular complexity index is 1250. The molecule has 8 heteroatoms. The lowest BCUT2D eigenvalue weighted by Gasteiger charge is -2.19. The highest BCUT2D eigenvalue weighted by Gasteiger charge is 2.23. The molecule has 3 aromatic rings. The smallest absolute Gasteiger partial charge is 0.251 e. The predicted octanol–water partition coefficient (Wildman–Crippen LogP) is 4.18. The van der Waals surface area contributed by atoms with E-state index in [0.717, 1.165) is 16.8 Å². The van der Waals surface area contributed by atoms with Crippen molar-refractivity contribution in [2.75, 3.05) is 6.61 Å². The third-order valence-electron chi connectivity index (χ3n) is 5.93. The Morgan fingerprint density at radius 2 is 1.92 bits per heavy atom. The molecule has 37 heavy (non-hydrogen) atoms. The highest BCUT2D eigenvalue weighted by molar-refractivity contribution is 5.95. The number of rotatable bonds is 11. The van der Waals surface area contributed by atoms with Crippen LogP contribution in [0.4, 0.5) is 0 Å². The van der Waals surface area contributed by atoms with Crippen molar-refractivity contribution in [2.24, 2.45) is 0 Å². The number of hydrogen-bond acceptors (Lipinski definition) is 6. The van der Waals surface area contributed by atoms with Gasteiger partial charge in [-0.15, -0.1) is 0 Å². The van der Waals surface area contributed by atoms with Crippen molar-refractivity contribution in [3.63, 3.8) is 0 Å². The van der Waals surface area contributed by atoms with Crippen molar-refractivity contribution in [2.45, 2.75) is 71.8 Å². The number of hydrogen-bond donors (Lipinski definition) is 3. The van der Waals surface area contributed by atoms with Gasteiger partial charge in [-0.1, -0.05) is 24.3 Å².